The third-order valence-corrected chi connectivity index (χ3v) is 5.23. The van der Waals surface area contributed by atoms with Gasteiger partial charge in [0.25, 0.3) is 0 Å². The zero-order valence-electron chi connectivity index (χ0n) is 14.2. The Hall–Kier alpha value is -1.92. The van der Waals surface area contributed by atoms with Crippen molar-refractivity contribution in [3.8, 4) is 0 Å². The van der Waals surface area contributed by atoms with E-state index in [9.17, 15) is 14.7 Å². The fourth-order valence-corrected chi connectivity index (χ4v) is 3.82. The third-order valence-electron chi connectivity index (χ3n) is 5.01. The molecule has 1 fully saturated rings. The smallest absolute Gasteiger partial charge is 0.333 e. The van der Waals surface area contributed by atoms with Crippen molar-refractivity contribution in [2.24, 2.45) is 5.92 Å². The molecule has 0 aliphatic carbocycles. The monoisotopic (exact) mass is 364 g/mol. The maximum Gasteiger partial charge on any atom is 0.333 e. The van der Waals surface area contributed by atoms with Crippen LogP contribution in [0.5, 0.6) is 0 Å². The second-order valence-corrected chi connectivity index (χ2v) is 6.96. The van der Waals surface area contributed by atoms with Gasteiger partial charge in [-0.1, -0.05) is 24.6 Å². The Morgan fingerprint density at radius 2 is 2.24 bits per heavy atom. The van der Waals surface area contributed by atoms with Crippen LogP contribution in [-0.2, 0) is 14.3 Å². The van der Waals surface area contributed by atoms with E-state index in [1.54, 1.807) is 37.1 Å². The second-order valence-electron chi connectivity index (χ2n) is 6.57. The molecular formula is C18H21ClN2O4. The number of aromatic nitrogens is 1. The molecule has 6 nitrogen and oxygen atoms in total. The van der Waals surface area contributed by atoms with Crippen LogP contribution in [0.2, 0.25) is 5.15 Å². The van der Waals surface area contributed by atoms with E-state index >= 15 is 0 Å². The molecule has 134 valence electrons. The predicted octanol–water partition coefficient (Wildman–Crippen LogP) is 2.83. The average Bonchev–Trinajstić information content (AvgIpc) is 3.08. The van der Waals surface area contributed by atoms with Gasteiger partial charge in [0.15, 0.2) is 0 Å². The number of carbonyl (C=O) groups excluding carboxylic acids is 1. The van der Waals surface area contributed by atoms with E-state index in [1.165, 1.54) is 0 Å². The number of amides is 1. The van der Waals surface area contributed by atoms with Crippen LogP contribution in [0, 0.1) is 5.92 Å². The Labute approximate surface area is 151 Å². The number of carbonyl (C=O) groups is 2. The second kappa shape index (κ2) is 7.14. The minimum Gasteiger partial charge on any atom is -0.478 e. The number of pyridine rings is 1. The van der Waals surface area contributed by atoms with Gasteiger partial charge in [-0.25, -0.2) is 9.78 Å². The van der Waals surface area contributed by atoms with Crippen LogP contribution in [-0.4, -0.2) is 46.1 Å². The average molecular weight is 365 g/mol. The number of ether oxygens (including phenoxy) is 1. The Kier molecular flexibility index (Phi) is 5.11. The van der Waals surface area contributed by atoms with E-state index in [-0.39, 0.29) is 17.6 Å². The number of nitrogens with zero attached hydrogens (tertiary/aromatic N) is 2. The van der Waals surface area contributed by atoms with Crippen LogP contribution >= 0.6 is 11.6 Å². The standard InChI is InChI=1S/C18H21ClN2O4/c1-10-15(12-5-6-14(19)20-8-12)16(18(23)24)11(2)21(17(10)22)9-13-4-3-7-25-13/h5-6,8,10,13,15H,3-4,7,9H2,1-2H3,(H,23,24)/t10?,13-,15-/m1/s1. The van der Waals surface area contributed by atoms with Crippen molar-refractivity contribution < 1.29 is 19.4 Å². The van der Waals surface area contributed by atoms with Gasteiger partial charge in [0.1, 0.15) is 5.15 Å². The largest absolute Gasteiger partial charge is 0.478 e. The SMILES string of the molecule is CC1=C(C(=O)O)[C@@H](c2ccc(Cl)nc2)C(C)C(=O)N1C[C@H]1CCCO1. The summed E-state index contributed by atoms with van der Waals surface area (Å²) in [6, 6.07) is 3.34. The van der Waals surface area contributed by atoms with Gasteiger partial charge in [-0.2, -0.15) is 0 Å². The first-order valence-corrected chi connectivity index (χ1v) is 8.76. The van der Waals surface area contributed by atoms with E-state index in [1.807, 2.05) is 0 Å². The number of rotatable bonds is 4. The van der Waals surface area contributed by atoms with Crippen molar-refractivity contribution >= 4 is 23.5 Å². The van der Waals surface area contributed by atoms with E-state index < -0.39 is 17.8 Å². The molecule has 1 aromatic heterocycles. The molecule has 1 aromatic rings. The summed E-state index contributed by atoms with van der Waals surface area (Å²) in [4.78, 5) is 30.5. The quantitative estimate of drug-likeness (QED) is 0.831. The van der Waals surface area contributed by atoms with Gasteiger partial charge in [0.05, 0.1) is 18.2 Å². The summed E-state index contributed by atoms with van der Waals surface area (Å²) < 4.78 is 5.62. The molecule has 0 aromatic carbocycles. The number of aliphatic carboxylic acids is 1. The molecule has 1 unspecified atom stereocenters. The first-order valence-electron chi connectivity index (χ1n) is 8.38. The highest BCUT2D eigenvalue weighted by Crippen LogP contribution is 2.40. The van der Waals surface area contributed by atoms with Crippen molar-refractivity contribution in [2.45, 2.75) is 38.7 Å². The molecule has 2 aliphatic rings. The van der Waals surface area contributed by atoms with Crippen LogP contribution in [0.15, 0.2) is 29.6 Å². The third kappa shape index (κ3) is 3.41. The van der Waals surface area contributed by atoms with Gasteiger partial charge in [0.2, 0.25) is 5.91 Å². The topological polar surface area (TPSA) is 79.7 Å². The number of allylic oxidation sites excluding steroid dienone is 1. The van der Waals surface area contributed by atoms with Crippen molar-refractivity contribution in [3.63, 3.8) is 0 Å². The lowest BCUT2D eigenvalue weighted by Crippen LogP contribution is -2.46. The van der Waals surface area contributed by atoms with Crippen molar-refractivity contribution in [3.05, 3.63) is 40.3 Å². The highest BCUT2D eigenvalue weighted by atomic mass is 35.5. The lowest BCUT2D eigenvalue weighted by molar-refractivity contribution is -0.138. The normalized spacial score (nSPS) is 27.1. The maximum absolute atomic E-state index is 12.9. The fraction of sp³-hybridized carbons (Fsp3) is 0.500. The predicted molar refractivity (Wildman–Crippen MR) is 92.2 cm³/mol. The summed E-state index contributed by atoms with van der Waals surface area (Å²) in [5.74, 6) is -2.15. The van der Waals surface area contributed by atoms with Crippen LogP contribution in [0.25, 0.3) is 0 Å². The highest BCUT2D eigenvalue weighted by molar-refractivity contribution is 6.29. The molecule has 1 saturated heterocycles. The molecule has 0 saturated carbocycles. The number of carboxylic acids is 1. The number of hydrogen-bond acceptors (Lipinski definition) is 4. The lowest BCUT2D eigenvalue weighted by Gasteiger charge is -2.38. The molecule has 25 heavy (non-hydrogen) atoms. The van der Waals surface area contributed by atoms with Crippen molar-refractivity contribution in [2.75, 3.05) is 13.2 Å². The molecule has 2 aliphatic heterocycles. The first kappa shape index (κ1) is 17.9. The Balaban J connectivity index is 2.01. The molecule has 7 heteroatoms. The summed E-state index contributed by atoms with van der Waals surface area (Å²) in [5.41, 5.74) is 1.39. The molecule has 0 bridgehead atoms. The van der Waals surface area contributed by atoms with Gasteiger partial charge in [-0.15, -0.1) is 0 Å². The lowest BCUT2D eigenvalue weighted by atomic mass is 9.77. The Morgan fingerprint density at radius 1 is 1.48 bits per heavy atom. The van der Waals surface area contributed by atoms with Crippen LogP contribution < -0.4 is 0 Å². The van der Waals surface area contributed by atoms with Gasteiger partial charge < -0.3 is 14.7 Å². The van der Waals surface area contributed by atoms with Crippen LogP contribution in [0.1, 0.15) is 38.2 Å². The summed E-state index contributed by atoms with van der Waals surface area (Å²) in [6.07, 6.45) is 3.37. The molecule has 1 amide bonds. The zero-order chi connectivity index (χ0) is 18.1. The molecular weight excluding hydrogens is 344 g/mol. The van der Waals surface area contributed by atoms with Gasteiger partial charge in [-0.05, 0) is 31.4 Å². The zero-order valence-corrected chi connectivity index (χ0v) is 15.0. The van der Waals surface area contributed by atoms with Gasteiger partial charge in [0, 0.05) is 30.3 Å². The summed E-state index contributed by atoms with van der Waals surface area (Å²) in [7, 11) is 0. The molecule has 0 spiro atoms. The Morgan fingerprint density at radius 3 is 2.80 bits per heavy atom. The minimum absolute atomic E-state index is 0.0325. The van der Waals surface area contributed by atoms with Crippen LogP contribution in [0.4, 0.5) is 0 Å². The number of carboxylic acid groups (broad SMARTS) is 1. The van der Waals surface area contributed by atoms with E-state index in [0.717, 1.165) is 12.8 Å². The maximum atomic E-state index is 12.9. The minimum atomic E-state index is -1.02. The van der Waals surface area contributed by atoms with Gasteiger partial charge >= 0.3 is 5.97 Å². The summed E-state index contributed by atoms with van der Waals surface area (Å²) in [6.45, 7) is 4.55. The van der Waals surface area contributed by atoms with Crippen molar-refractivity contribution in [1.29, 1.82) is 0 Å². The van der Waals surface area contributed by atoms with E-state index in [4.69, 9.17) is 16.3 Å². The number of hydrogen-bond donors (Lipinski definition) is 1. The van der Waals surface area contributed by atoms with E-state index in [0.29, 0.717) is 29.6 Å². The molecule has 1 N–H and O–H groups in total. The number of halogens is 1. The molecule has 3 heterocycles. The summed E-state index contributed by atoms with van der Waals surface area (Å²) >= 11 is 5.83. The van der Waals surface area contributed by atoms with Crippen LogP contribution in [0.3, 0.4) is 0 Å². The Bertz CT molecular complexity index is 710. The molecule has 0 radical (unpaired) electrons. The summed E-state index contributed by atoms with van der Waals surface area (Å²) in [5, 5.41) is 10.1. The van der Waals surface area contributed by atoms with Crippen molar-refractivity contribution in [1.82, 2.24) is 9.88 Å². The van der Waals surface area contributed by atoms with Gasteiger partial charge in [-0.3, -0.25) is 4.79 Å². The first-order chi connectivity index (χ1) is 11.9. The molecule has 3 atom stereocenters. The molecule has 3 rings (SSSR count). The highest BCUT2D eigenvalue weighted by Gasteiger charge is 2.42. The van der Waals surface area contributed by atoms with E-state index in [2.05, 4.69) is 4.98 Å². The fourth-order valence-electron chi connectivity index (χ4n) is 3.71.